The molecule has 5 nitrogen and oxygen atoms in total. The summed E-state index contributed by atoms with van der Waals surface area (Å²) in [6.07, 6.45) is 2.35. The maximum absolute atomic E-state index is 12.4. The molecule has 1 aromatic carbocycles. The molecular weight excluding hydrogens is 348 g/mol. The molecule has 1 amide bonds. The molecule has 1 fully saturated rings. The van der Waals surface area contributed by atoms with Gasteiger partial charge in [-0.25, -0.2) is 0 Å². The third-order valence-electron chi connectivity index (χ3n) is 4.53. The number of rotatable bonds is 8. The fourth-order valence-electron chi connectivity index (χ4n) is 2.98. The lowest BCUT2D eigenvalue weighted by Crippen LogP contribution is -2.34. The van der Waals surface area contributed by atoms with Crippen LogP contribution in [0.15, 0.2) is 41.8 Å². The molecule has 140 valence electrons. The van der Waals surface area contributed by atoms with Crippen LogP contribution in [0.3, 0.4) is 0 Å². The maximum Gasteiger partial charge on any atom is 0.251 e. The number of nitrogens with one attached hydrogen (secondary N) is 1. The highest BCUT2D eigenvalue weighted by atomic mass is 32.1. The highest BCUT2D eigenvalue weighted by Gasteiger charge is 2.18. The van der Waals surface area contributed by atoms with Crippen LogP contribution in [0.2, 0.25) is 0 Å². The molecule has 6 heteroatoms. The zero-order valence-electron chi connectivity index (χ0n) is 15.3. The number of benzene rings is 1. The van der Waals surface area contributed by atoms with Gasteiger partial charge in [-0.05, 0) is 62.6 Å². The van der Waals surface area contributed by atoms with Gasteiger partial charge in [-0.1, -0.05) is 6.07 Å². The summed E-state index contributed by atoms with van der Waals surface area (Å²) >= 11 is 1.70. The van der Waals surface area contributed by atoms with Gasteiger partial charge < -0.3 is 19.7 Å². The standard InChI is InChI=1S/C20H26N2O3S/c1-22(2)18(19-6-4-12-26-19)13-21-20(23)15-7-9-16(10-8-15)25-14-17-5-3-11-24-17/h4,6-10,12,17-18H,3,5,11,13-14H2,1-2H3,(H,21,23)/t17-,18+/m0/s1. The Labute approximate surface area is 158 Å². The monoisotopic (exact) mass is 374 g/mol. The van der Waals surface area contributed by atoms with Crippen molar-refractivity contribution in [2.45, 2.75) is 25.0 Å². The summed E-state index contributed by atoms with van der Waals surface area (Å²) in [5.41, 5.74) is 0.637. The first-order valence-electron chi connectivity index (χ1n) is 8.96. The van der Waals surface area contributed by atoms with Gasteiger partial charge in [-0.3, -0.25) is 4.79 Å². The molecule has 2 atom stereocenters. The van der Waals surface area contributed by atoms with Crippen molar-refractivity contribution in [3.05, 3.63) is 52.2 Å². The van der Waals surface area contributed by atoms with Crippen LogP contribution in [-0.2, 0) is 4.74 Å². The first kappa shape index (κ1) is 18.9. The van der Waals surface area contributed by atoms with Gasteiger partial charge in [0.1, 0.15) is 12.4 Å². The lowest BCUT2D eigenvalue weighted by Gasteiger charge is -2.23. The Morgan fingerprint density at radius 1 is 1.35 bits per heavy atom. The van der Waals surface area contributed by atoms with E-state index in [-0.39, 0.29) is 18.1 Å². The lowest BCUT2D eigenvalue weighted by molar-refractivity contribution is 0.0679. The summed E-state index contributed by atoms with van der Waals surface area (Å²) in [5, 5.41) is 5.09. The zero-order valence-corrected chi connectivity index (χ0v) is 16.1. The summed E-state index contributed by atoms with van der Waals surface area (Å²) < 4.78 is 11.3. The highest BCUT2D eigenvalue weighted by molar-refractivity contribution is 7.10. The minimum absolute atomic E-state index is 0.0703. The maximum atomic E-state index is 12.4. The largest absolute Gasteiger partial charge is 0.491 e. The van der Waals surface area contributed by atoms with E-state index in [0.717, 1.165) is 25.2 Å². The smallest absolute Gasteiger partial charge is 0.251 e. The van der Waals surface area contributed by atoms with Gasteiger partial charge in [0.15, 0.2) is 0 Å². The van der Waals surface area contributed by atoms with E-state index in [2.05, 4.69) is 21.7 Å². The van der Waals surface area contributed by atoms with E-state index in [9.17, 15) is 4.79 Å². The normalized spacial score (nSPS) is 18.0. The third-order valence-corrected chi connectivity index (χ3v) is 5.50. The van der Waals surface area contributed by atoms with Gasteiger partial charge in [-0.15, -0.1) is 11.3 Å². The highest BCUT2D eigenvalue weighted by Crippen LogP contribution is 2.22. The fraction of sp³-hybridized carbons (Fsp3) is 0.450. The van der Waals surface area contributed by atoms with E-state index in [4.69, 9.17) is 9.47 Å². The van der Waals surface area contributed by atoms with Crippen molar-refractivity contribution in [3.63, 3.8) is 0 Å². The van der Waals surface area contributed by atoms with Crippen molar-refractivity contribution in [2.24, 2.45) is 0 Å². The van der Waals surface area contributed by atoms with Crippen LogP contribution in [0.5, 0.6) is 5.75 Å². The summed E-state index contributed by atoms with van der Waals surface area (Å²) in [7, 11) is 4.05. The SMILES string of the molecule is CN(C)[C@H](CNC(=O)c1ccc(OC[C@@H]2CCCO2)cc1)c1cccs1. The predicted molar refractivity (Wildman–Crippen MR) is 104 cm³/mol. The summed E-state index contributed by atoms with van der Waals surface area (Å²) in [5.74, 6) is 0.695. The topological polar surface area (TPSA) is 50.8 Å². The Hall–Kier alpha value is -1.89. The lowest BCUT2D eigenvalue weighted by atomic mass is 10.2. The molecule has 2 heterocycles. The first-order valence-corrected chi connectivity index (χ1v) is 9.84. The fourth-order valence-corrected chi connectivity index (χ4v) is 3.90. The van der Waals surface area contributed by atoms with Gasteiger partial charge in [0.25, 0.3) is 5.91 Å². The molecule has 0 unspecified atom stereocenters. The van der Waals surface area contributed by atoms with E-state index in [1.165, 1.54) is 4.88 Å². The van der Waals surface area contributed by atoms with Crippen LogP contribution < -0.4 is 10.1 Å². The molecule has 1 aliphatic rings. The second-order valence-corrected chi connectivity index (χ2v) is 7.65. The number of thiophene rings is 1. The second-order valence-electron chi connectivity index (χ2n) is 6.68. The number of carbonyl (C=O) groups excluding carboxylic acids is 1. The van der Waals surface area contributed by atoms with Crippen molar-refractivity contribution in [1.82, 2.24) is 10.2 Å². The van der Waals surface area contributed by atoms with Crippen molar-refractivity contribution in [1.29, 1.82) is 0 Å². The molecule has 0 saturated carbocycles. The Kier molecular flexibility index (Phi) is 6.66. The van der Waals surface area contributed by atoms with Gasteiger partial charge >= 0.3 is 0 Å². The van der Waals surface area contributed by atoms with E-state index >= 15 is 0 Å². The molecule has 2 aromatic rings. The van der Waals surface area contributed by atoms with Crippen LogP contribution in [0, 0.1) is 0 Å². The molecule has 1 aromatic heterocycles. The number of amides is 1. The number of hydrogen-bond donors (Lipinski definition) is 1. The quantitative estimate of drug-likeness (QED) is 0.770. The average Bonchev–Trinajstić information content (AvgIpc) is 3.34. The number of likely N-dealkylation sites (N-methyl/N-ethyl adjacent to an activating group) is 1. The van der Waals surface area contributed by atoms with E-state index in [1.54, 1.807) is 23.5 Å². The Bertz CT molecular complexity index is 680. The second kappa shape index (κ2) is 9.16. The molecule has 1 aliphatic heterocycles. The van der Waals surface area contributed by atoms with Crippen LogP contribution in [-0.4, -0.2) is 50.8 Å². The number of ether oxygens (including phenoxy) is 2. The Morgan fingerprint density at radius 3 is 2.77 bits per heavy atom. The van der Waals surface area contributed by atoms with Crippen molar-refractivity contribution < 1.29 is 14.3 Å². The molecule has 0 radical (unpaired) electrons. The minimum atomic E-state index is -0.0703. The van der Waals surface area contributed by atoms with Crippen LogP contribution in [0.1, 0.15) is 34.1 Å². The molecule has 3 rings (SSSR count). The molecule has 26 heavy (non-hydrogen) atoms. The van der Waals surface area contributed by atoms with Gasteiger partial charge in [0.2, 0.25) is 0 Å². The molecular formula is C20H26N2O3S. The predicted octanol–water partition coefficient (Wildman–Crippen LogP) is 3.34. The van der Waals surface area contributed by atoms with E-state index < -0.39 is 0 Å². The number of carbonyl (C=O) groups is 1. The molecule has 1 N–H and O–H groups in total. The summed E-state index contributed by atoms with van der Waals surface area (Å²) in [6, 6.07) is 11.6. The number of nitrogens with zero attached hydrogens (tertiary/aromatic N) is 1. The van der Waals surface area contributed by atoms with Crippen LogP contribution >= 0.6 is 11.3 Å². The van der Waals surface area contributed by atoms with Crippen molar-refractivity contribution in [2.75, 3.05) is 33.9 Å². The average molecular weight is 375 g/mol. The van der Waals surface area contributed by atoms with Crippen LogP contribution in [0.25, 0.3) is 0 Å². The first-order chi connectivity index (χ1) is 12.6. The molecule has 0 spiro atoms. The zero-order chi connectivity index (χ0) is 18.4. The number of hydrogen-bond acceptors (Lipinski definition) is 5. The third kappa shape index (κ3) is 5.06. The Balaban J connectivity index is 1.50. The summed E-state index contributed by atoms with van der Waals surface area (Å²) in [6.45, 7) is 1.97. The van der Waals surface area contributed by atoms with Gasteiger partial charge in [0, 0.05) is 23.6 Å². The van der Waals surface area contributed by atoms with Gasteiger partial charge in [0.05, 0.1) is 12.1 Å². The molecule has 1 saturated heterocycles. The summed E-state index contributed by atoms with van der Waals surface area (Å²) in [4.78, 5) is 15.8. The Morgan fingerprint density at radius 2 is 2.15 bits per heavy atom. The van der Waals surface area contributed by atoms with Gasteiger partial charge in [-0.2, -0.15) is 0 Å². The van der Waals surface area contributed by atoms with Crippen LogP contribution in [0.4, 0.5) is 0 Å². The van der Waals surface area contributed by atoms with E-state index in [1.807, 2.05) is 32.3 Å². The van der Waals surface area contributed by atoms with Crippen molar-refractivity contribution in [3.8, 4) is 5.75 Å². The minimum Gasteiger partial charge on any atom is -0.491 e. The van der Waals surface area contributed by atoms with Crippen molar-refractivity contribution >= 4 is 17.2 Å². The molecule has 0 aliphatic carbocycles. The molecule has 0 bridgehead atoms. The van der Waals surface area contributed by atoms with E-state index in [0.29, 0.717) is 18.7 Å².